The van der Waals surface area contributed by atoms with Crippen LogP contribution in [0.15, 0.2) is 30.3 Å². The number of likely N-dealkylation sites (N-methyl/N-ethyl adjacent to an activating group) is 1. The Morgan fingerprint density at radius 2 is 1.86 bits per heavy atom. The SMILES string of the molecule is C[N+](C)(Cc1ccccc1)C(=O)CO. The van der Waals surface area contributed by atoms with Crippen LogP contribution in [-0.4, -0.2) is 36.2 Å². The summed E-state index contributed by atoms with van der Waals surface area (Å²) in [6.07, 6.45) is 0. The van der Waals surface area contributed by atoms with Crippen molar-refractivity contribution in [3.8, 4) is 0 Å². The van der Waals surface area contributed by atoms with E-state index in [0.717, 1.165) is 5.56 Å². The molecule has 1 N–H and O–H groups in total. The highest BCUT2D eigenvalue weighted by molar-refractivity contribution is 5.69. The molecule has 0 atom stereocenters. The van der Waals surface area contributed by atoms with Crippen molar-refractivity contribution in [2.24, 2.45) is 0 Å². The van der Waals surface area contributed by atoms with E-state index in [2.05, 4.69) is 0 Å². The second-order valence-corrected chi connectivity index (χ2v) is 3.88. The quantitative estimate of drug-likeness (QED) is 0.722. The molecule has 0 aliphatic rings. The van der Waals surface area contributed by atoms with Crippen molar-refractivity contribution in [2.45, 2.75) is 6.54 Å². The summed E-state index contributed by atoms with van der Waals surface area (Å²) in [5.41, 5.74) is 1.10. The molecule has 0 aliphatic carbocycles. The van der Waals surface area contributed by atoms with Gasteiger partial charge in [-0.2, -0.15) is 0 Å². The van der Waals surface area contributed by atoms with Crippen molar-refractivity contribution in [1.82, 2.24) is 0 Å². The number of amides is 1. The summed E-state index contributed by atoms with van der Waals surface area (Å²) in [6, 6.07) is 9.78. The number of quaternary nitrogens is 1. The smallest absolute Gasteiger partial charge is 0.339 e. The van der Waals surface area contributed by atoms with Gasteiger partial charge < -0.3 is 5.11 Å². The molecule has 14 heavy (non-hydrogen) atoms. The molecule has 0 aliphatic heterocycles. The fourth-order valence-electron chi connectivity index (χ4n) is 1.32. The lowest BCUT2D eigenvalue weighted by Gasteiger charge is -2.25. The second kappa shape index (κ2) is 4.35. The molecule has 0 heterocycles. The van der Waals surface area contributed by atoms with Gasteiger partial charge in [0, 0.05) is 5.56 Å². The minimum Gasteiger partial charge on any atom is -0.382 e. The third kappa shape index (κ3) is 2.65. The van der Waals surface area contributed by atoms with Gasteiger partial charge in [-0.25, -0.2) is 4.79 Å². The monoisotopic (exact) mass is 194 g/mol. The lowest BCUT2D eigenvalue weighted by molar-refractivity contribution is -0.828. The number of aliphatic hydroxyl groups is 1. The Hall–Kier alpha value is -1.19. The molecule has 3 heteroatoms. The molecular formula is C11H16NO2+. The zero-order valence-electron chi connectivity index (χ0n) is 8.60. The van der Waals surface area contributed by atoms with Crippen LogP contribution in [0.5, 0.6) is 0 Å². The fraction of sp³-hybridized carbons (Fsp3) is 0.364. The first-order valence-electron chi connectivity index (χ1n) is 4.57. The van der Waals surface area contributed by atoms with Gasteiger partial charge in [0.05, 0.1) is 14.1 Å². The lowest BCUT2D eigenvalue weighted by Crippen LogP contribution is -2.46. The van der Waals surface area contributed by atoms with E-state index in [9.17, 15) is 4.79 Å². The topological polar surface area (TPSA) is 37.3 Å². The van der Waals surface area contributed by atoms with E-state index in [0.29, 0.717) is 6.54 Å². The van der Waals surface area contributed by atoms with Gasteiger partial charge >= 0.3 is 5.91 Å². The number of carbonyl (C=O) groups is 1. The van der Waals surface area contributed by atoms with E-state index < -0.39 is 6.61 Å². The van der Waals surface area contributed by atoms with Gasteiger partial charge in [0.1, 0.15) is 6.54 Å². The average molecular weight is 194 g/mol. The zero-order valence-corrected chi connectivity index (χ0v) is 8.60. The number of nitrogens with zero attached hydrogens (tertiary/aromatic N) is 1. The number of benzene rings is 1. The molecule has 1 amide bonds. The summed E-state index contributed by atoms with van der Waals surface area (Å²) >= 11 is 0. The molecule has 1 rings (SSSR count). The van der Waals surface area contributed by atoms with Crippen LogP contribution in [0.2, 0.25) is 0 Å². The highest BCUT2D eigenvalue weighted by atomic mass is 16.3. The van der Waals surface area contributed by atoms with Gasteiger partial charge in [-0.3, -0.25) is 4.48 Å². The predicted octanol–water partition coefficient (Wildman–Crippen LogP) is 0.782. The van der Waals surface area contributed by atoms with Crippen molar-refractivity contribution in [2.75, 3.05) is 20.7 Å². The van der Waals surface area contributed by atoms with Gasteiger partial charge in [0.15, 0.2) is 6.61 Å². The Morgan fingerprint density at radius 3 is 2.36 bits per heavy atom. The number of aliphatic hydroxyl groups excluding tert-OH is 1. The Labute approximate surface area is 84.2 Å². The largest absolute Gasteiger partial charge is 0.382 e. The van der Waals surface area contributed by atoms with E-state index in [1.807, 2.05) is 30.3 Å². The van der Waals surface area contributed by atoms with Crippen molar-refractivity contribution in [3.63, 3.8) is 0 Å². The third-order valence-electron chi connectivity index (χ3n) is 2.23. The highest BCUT2D eigenvalue weighted by Crippen LogP contribution is 2.08. The van der Waals surface area contributed by atoms with Crippen LogP contribution >= 0.6 is 0 Å². The first-order valence-corrected chi connectivity index (χ1v) is 4.57. The van der Waals surface area contributed by atoms with Crippen LogP contribution in [0.3, 0.4) is 0 Å². The van der Waals surface area contributed by atoms with Crippen LogP contribution in [-0.2, 0) is 11.3 Å². The minimum absolute atomic E-state index is 0.172. The molecule has 0 spiro atoms. The van der Waals surface area contributed by atoms with E-state index in [-0.39, 0.29) is 10.4 Å². The maximum absolute atomic E-state index is 11.4. The van der Waals surface area contributed by atoms with Crippen LogP contribution in [0.25, 0.3) is 0 Å². The minimum atomic E-state index is -0.403. The molecule has 0 radical (unpaired) electrons. The maximum atomic E-state index is 11.4. The Kier molecular flexibility index (Phi) is 3.38. The summed E-state index contributed by atoms with van der Waals surface area (Å²) in [5, 5.41) is 8.78. The molecular weight excluding hydrogens is 178 g/mol. The van der Waals surface area contributed by atoms with Crippen LogP contribution in [0.1, 0.15) is 5.56 Å². The summed E-state index contributed by atoms with van der Waals surface area (Å²) in [7, 11) is 3.59. The number of hydrogen-bond acceptors (Lipinski definition) is 2. The van der Waals surface area contributed by atoms with Crippen LogP contribution in [0.4, 0.5) is 0 Å². The van der Waals surface area contributed by atoms with Crippen molar-refractivity contribution in [1.29, 1.82) is 0 Å². The van der Waals surface area contributed by atoms with Gasteiger partial charge in [-0.15, -0.1) is 0 Å². The summed E-state index contributed by atoms with van der Waals surface area (Å²) < 4.78 is 0.181. The van der Waals surface area contributed by atoms with Crippen molar-refractivity contribution >= 4 is 5.91 Å². The Morgan fingerprint density at radius 1 is 1.29 bits per heavy atom. The summed E-state index contributed by atoms with van der Waals surface area (Å²) in [6.45, 7) is 0.208. The summed E-state index contributed by atoms with van der Waals surface area (Å²) in [4.78, 5) is 11.4. The Balaban J connectivity index is 2.73. The molecule has 1 aromatic rings. The molecule has 0 aromatic heterocycles. The van der Waals surface area contributed by atoms with Crippen molar-refractivity contribution in [3.05, 3.63) is 35.9 Å². The van der Waals surface area contributed by atoms with Gasteiger partial charge in [0.25, 0.3) is 0 Å². The van der Waals surface area contributed by atoms with E-state index >= 15 is 0 Å². The molecule has 0 saturated heterocycles. The van der Waals surface area contributed by atoms with Crippen LogP contribution in [0, 0.1) is 0 Å². The van der Waals surface area contributed by atoms with E-state index in [1.165, 1.54) is 0 Å². The molecule has 3 nitrogen and oxygen atoms in total. The zero-order chi connectivity index (χ0) is 10.6. The van der Waals surface area contributed by atoms with Crippen LogP contribution < -0.4 is 0 Å². The van der Waals surface area contributed by atoms with E-state index in [4.69, 9.17) is 5.11 Å². The molecule has 1 aromatic carbocycles. The average Bonchev–Trinajstić information content (AvgIpc) is 2.17. The molecule has 76 valence electrons. The number of hydrogen-bond donors (Lipinski definition) is 1. The first kappa shape index (κ1) is 10.9. The normalized spacial score (nSPS) is 11.4. The lowest BCUT2D eigenvalue weighted by atomic mass is 10.2. The van der Waals surface area contributed by atoms with E-state index in [1.54, 1.807) is 14.1 Å². The first-order chi connectivity index (χ1) is 6.56. The molecule has 0 unspecified atom stereocenters. The predicted molar refractivity (Wildman–Crippen MR) is 54.3 cm³/mol. The standard InChI is InChI=1S/C11H16NO2/c1-12(2,11(14)9-13)8-10-6-4-3-5-7-10/h3-7,13H,8-9H2,1-2H3/q+1. The van der Waals surface area contributed by atoms with Crippen molar-refractivity contribution < 1.29 is 14.4 Å². The molecule has 0 saturated carbocycles. The summed E-state index contributed by atoms with van der Waals surface area (Å²) in [5.74, 6) is -0.172. The number of carbonyl (C=O) groups excluding carboxylic acids is 1. The number of rotatable bonds is 3. The van der Waals surface area contributed by atoms with Gasteiger partial charge in [-0.1, -0.05) is 30.3 Å². The van der Waals surface area contributed by atoms with Gasteiger partial charge in [-0.05, 0) is 0 Å². The van der Waals surface area contributed by atoms with Gasteiger partial charge in [0.2, 0.25) is 0 Å². The highest BCUT2D eigenvalue weighted by Gasteiger charge is 2.25. The molecule has 0 fully saturated rings. The molecule has 0 bridgehead atoms. The Bertz CT molecular complexity index is 306. The maximum Gasteiger partial charge on any atom is 0.339 e. The second-order valence-electron chi connectivity index (χ2n) is 3.88. The fourth-order valence-corrected chi connectivity index (χ4v) is 1.32. The third-order valence-corrected chi connectivity index (χ3v) is 2.23.